The third kappa shape index (κ3) is 3.70. The summed E-state index contributed by atoms with van der Waals surface area (Å²) in [6.07, 6.45) is 2.57. The van der Waals surface area contributed by atoms with Crippen LogP contribution in [0.2, 0.25) is 0 Å². The molecule has 0 aromatic carbocycles. The number of rotatable bonds is 4. The van der Waals surface area contributed by atoms with Crippen molar-refractivity contribution in [3.8, 4) is 0 Å². The average Bonchev–Trinajstić information content (AvgIpc) is 2.07. The highest BCUT2D eigenvalue weighted by Gasteiger charge is 2.12. The van der Waals surface area contributed by atoms with E-state index in [9.17, 15) is 0 Å². The van der Waals surface area contributed by atoms with Crippen molar-refractivity contribution in [2.45, 2.75) is 12.8 Å². The highest BCUT2D eigenvalue weighted by atomic mass is 16.7. The Hall–Kier alpha value is -0.120. The maximum absolute atomic E-state index is 5.26. The van der Waals surface area contributed by atoms with Crippen molar-refractivity contribution in [2.75, 3.05) is 33.6 Å². The Bertz CT molecular complexity index is 92.1. The van der Waals surface area contributed by atoms with Gasteiger partial charge >= 0.3 is 0 Å². The fourth-order valence-electron chi connectivity index (χ4n) is 1.36. The van der Waals surface area contributed by atoms with Gasteiger partial charge in [-0.05, 0) is 25.3 Å². The summed E-state index contributed by atoms with van der Waals surface area (Å²) < 4.78 is 10.1. The van der Waals surface area contributed by atoms with Crippen LogP contribution in [-0.4, -0.2) is 33.6 Å². The molecule has 3 nitrogen and oxygen atoms in total. The molecule has 1 atom stereocenters. The lowest BCUT2D eigenvalue weighted by Gasteiger charge is -2.22. The van der Waals surface area contributed by atoms with Crippen LogP contribution < -0.4 is 5.32 Å². The third-order valence-electron chi connectivity index (χ3n) is 1.95. The van der Waals surface area contributed by atoms with Crippen molar-refractivity contribution in [1.29, 1.82) is 0 Å². The van der Waals surface area contributed by atoms with E-state index in [1.54, 1.807) is 7.11 Å². The van der Waals surface area contributed by atoms with E-state index < -0.39 is 0 Å². The molecule has 11 heavy (non-hydrogen) atoms. The van der Waals surface area contributed by atoms with E-state index in [1.807, 2.05) is 0 Å². The van der Waals surface area contributed by atoms with Crippen LogP contribution in [0.1, 0.15) is 12.8 Å². The topological polar surface area (TPSA) is 30.5 Å². The number of hydrogen-bond donors (Lipinski definition) is 1. The van der Waals surface area contributed by atoms with E-state index in [0.717, 1.165) is 13.2 Å². The molecular formula is C8H17NO2. The first-order valence-electron chi connectivity index (χ1n) is 4.21. The van der Waals surface area contributed by atoms with E-state index >= 15 is 0 Å². The Morgan fingerprint density at radius 2 is 2.45 bits per heavy atom. The summed E-state index contributed by atoms with van der Waals surface area (Å²) in [5, 5.41) is 3.34. The molecule has 1 fully saturated rings. The van der Waals surface area contributed by atoms with Gasteiger partial charge in [-0.2, -0.15) is 0 Å². The summed E-state index contributed by atoms with van der Waals surface area (Å²) in [6, 6.07) is 0. The van der Waals surface area contributed by atoms with Crippen LogP contribution in [0.25, 0.3) is 0 Å². The number of ether oxygens (including phenoxy) is 2. The van der Waals surface area contributed by atoms with Gasteiger partial charge in [0.05, 0.1) is 6.61 Å². The molecule has 1 rings (SSSR count). The van der Waals surface area contributed by atoms with Crippen molar-refractivity contribution < 1.29 is 9.47 Å². The SMILES string of the molecule is COCOCC1CCCNC1. The lowest BCUT2D eigenvalue weighted by atomic mass is 10.0. The molecule has 0 radical (unpaired) electrons. The second-order valence-electron chi connectivity index (χ2n) is 2.99. The van der Waals surface area contributed by atoms with E-state index in [1.165, 1.54) is 19.4 Å². The molecule has 1 aliphatic heterocycles. The summed E-state index contributed by atoms with van der Waals surface area (Å²) in [4.78, 5) is 0. The van der Waals surface area contributed by atoms with Crippen LogP contribution >= 0.6 is 0 Å². The zero-order valence-electron chi connectivity index (χ0n) is 7.14. The normalized spacial score (nSPS) is 25.4. The van der Waals surface area contributed by atoms with Crippen molar-refractivity contribution >= 4 is 0 Å². The largest absolute Gasteiger partial charge is 0.359 e. The van der Waals surface area contributed by atoms with E-state index in [0.29, 0.717) is 12.7 Å². The van der Waals surface area contributed by atoms with Crippen LogP contribution in [0.5, 0.6) is 0 Å². The van der Waals surface area contributed by atoms with Gasteiger partial charge in [-0.25, -0.2) is 0 Å². The molecule has 1 N–H and O–H groups in total. The van der Waals surface area contributed by atoms with Gasteiger partial charge in [0.15, 0.2) is 0 Å². The second kappa shape index (κ2) is 5.52. The molecule has 0 bridgehead atoms. The first-order chi connectivity index (χ1) is 5.43. The molecule has 1 aliphatic rings. The monoisotopic (exact) mass is 159 g/mol. The summed E-state index contributed by atoms with van der Waals surface area (Å²) in [6.45, 7) is 3.53. The molecule has 66 valence electrons. The fraction of sp³-hybridized carbons (Fsp3) is 1.00. The fourth-order valence-corrected chi connectivity index (χ4v) is 1.36. The smallest absolute Gasteiger partial charge is 0.146 e. The Labute approximate surface area is 68.1 Å². The number of methoxy groups -OCH3 is 1. The van der Waals surface area contributed by atoms with Crippen LogP contribution in [0.4, 0.5) is 0 Å². The zero-order valence-corrected chi connectivity index (χ0v) is 7.14. The van der Waals surface area contributed by atoms with Gasteiger partial charge in [-0.15, -0.1) is 0 Å². The van der Waals surface area contributed by atoms with Crippen LogP contribution in [0.15, 0.2) is 0 Å². The second-order valence-corrected chi connectivity index (χ2v) is 2.99. The molecule has 0 amide bonds. The molecule has 0 aliphatic carbocycles. The number of piperidine rings is 1. The van der Waals surface area contributed by atoms with E-state index in [4.69, 9.17) is 9.47 Å². The highest BCUT2D eigenvalue weighted by molar-refractivity contribution is 4.67. The Morgan fingerprint density at radius 3 is 3.09 bits per heavy atom. The minimum Gasteiger partial charge on any atom is -0.359 e. The Kier molecular flexibility index (Phi) is 4.50. The zero-order chi connectivity index (χ0) is 7.94. The van der Waals surface area contributed by atoms with E-state index in [-0.39, 0.29) is 0 Å². The van der Waals surface area contributed by atoms with Gasteiger partial charge < -0.3 is 14.8 Å². The van der Waals surface area contributed by atoms with Gasteiger partial charge in [0.25, 0.3) is 0 Å². The first kappa shape index (κ1) is 8.97. The average molecular weight is 159 g/mol. The van der Waals surface area contributed by atoms with Crippen molar-refractivity contribution in [2.24, 2.45) is 5.92 Å². The third-order valence-corrected chi connectivity index (χ3v) is 1.95. The molecule has 1 unspecified atom stereocenters. The lowest BCUT2D eigenvalue weighted by Crippen LogP contribution is -2.32. The van der Waals surface area contributed by atoms with Crippen molar-refractivity contribution in [3.05, 3.63) is 0 Å². The minimum absolute atomic E-state index is 0.427. The molecule has 1 saturated heterocycles. The lowest BCUT2D eigenvalue weighted by molar-refractivity contribution is -0.0454. The maximum Gasteiger partial charge on any atom is 0.146 e. The molecule has 0 saturated carbocycles. The maximum atomic E-state index is 5.26. The van der Waals surface area contributed by atoms with Crippen molar-refractivity contribution in [1.82, 2.24) is 5.32 Å². The summed E-state index contributed by atoms with van der Waals surface area (Å²) in [5.41, 5.74) is 0. The summed E-state index contributed by atoms with van der Waals surface area (Å²) in [5.74, 6) is 0.693. The highest BCUT2D eigenvalue weighted by Crippen LogP contribution is 2.09. The number of hydrogen-bond acceptors (Lipinski definition) is 3. The Morgan fingerprint density at radius 1 is 1.55 bits per heavy atom. The molecular weight excluding hydrogens is 142 g/mol. The predicted molar refractivity (Wildman–Crippen MR) is 43.4 cm³/mol. The molecule has 0 aromatic rings. The Balaban J connectivity index is 1.96. The van der Waals surface area contributed by atoms with Gasteiger partial charge in [0.1, 0.15) is 6.79 Å². The van der Waals surface area contributed by atoms with Gasteiger partial charge in [-0.3, -0.25) is 0 Å². The van der Waals surface area contributed by atoms with E-state index in [2.05, 4.69) is 5.32 Å². The van der Waals surface area contributed by atoms with Crippen LogP contribution in [-0.2, 0) is 9.47 Å². The summed E-state index contributed by atoms with van der Waals surface area (Å²) >= 11 is 0. The summed E-state index contributed by atoms with van der Waals surface area (Å²) in [7, 11) is 1.65. The van der Waals surface area contributed by atoms with Crippen LogP contribution in [0.3, 0.4) is 0 Å². The number of nitrogens with one attached hydrogen (secondary N) is 1. The quantitative estimate of drug-likeness (QED) is 0.481. The van der Waals surface area contributed by atoms with Crippen LogP contribution in [0, 0.1) is 5.92 Å². The predicted octanol–water partition coefficient (Wildman–Crippen LogP) is 0.607. The molecule has 0 aromatic heterocycles. The first-order valence-corrected chi connectivity index (χ1v) is 4.21. The van der Waals surface area contributed by atoms with Gasteiger partial charge in [-0.1, -0.05) is 0 Å². The van der Waals surface area contributed by atoms with Gasteiger partial charge in [0.2, 0.25) is 0 Å². The van der Waals surface area contributed by atoms with Gasteiger partial charge in [0, 0.05) is 13.7 Å². The molecule has 0 spiro atoms. The standard InChI is InChI=1S/C8H17NO2/c1-10-7-11-6-8-3-2-4-9-5-8/h8-9H,2-7H2,1H3. The molecule has 3 heteroatoms. The van der Waals surface area contributed by atoms with Crippen molar-refractivity contribution in [3.63, 3.8) is 0 Å². The molecule has 1 heterocycles. The minimum atomic E-state index is 0.427.